The van der Waals surface area contributed by atoms with Gasteiger partial charge in [0.15, 0.2) is 0 Å². The Labute approximate surface area is 101 Å². The number of hydrogen-bond acceptors (Lipinski definition) is 2. The Hall–Kier alpha value is -1.38. The molecule has 3 nitrogen and oxygen atoms in total. The minimum atomic E-state index is -3.53. The smallest absolute Gasteiger partial charge is 0.211 e. The molecule has 0 amide bonds. The molecule has 1 rings (SSSR count). The quantitative estimate of drug-likeness (QED) is 0.623. The molecule has 0 bridgehead atoms. The molecule has 0 heterocycles. The zero-order valence-electron chi connectivity index (χ0n) is 9.32. The number of sulfonamides is 1. The van der Waals surface area contributed by atoms with Crippen molar-refractivity contribution in [2.24, 2.45) is 0 Å². The highest BCUT2D eigenvalue weighted by atomic mass is 32.2. The summed E-state index contributed by atoms with van der Waals surface area (Å²) in [5.41, 5.74) is 0. The molecule has 17 heavy (non-hydrogen) atoms. The number of rotatable bonds is 6. The van der Waals surface area contributed by atoms with Crippen LogP contribution in [0.5, 0.6) is 0 Å². The van der Waals surface area contributed by atoms with Gasteiger partial charge in [-0.2, -0.15) is 0 Å². The van der Waals surface area contributed by atoms with Gasteiger partial charge in [-0.25, -0.2) is 17.5 Å². The maximum absolute atomic E-state index is 12.6. The highest BCUT2D eigenvalue weighted by Gasteiger charge is 2.12. The predicted molar refractivity (Wildman–Crippen MR) is 64.3 cm³/mol. The van der Waals surface area contributed by atoms with Crippen LogP contribution in [0.15, 0.2) is 29.2 Å². The lowest BCUT2D eigenvalue weighted by molar-refractivity contribution is 0.576. The number of terminal acetylenes is 1. The van der Waals surface area contributed by atoms with Gasteiger partial charge in [-0.1, -0.05) is 0 Å². The van der Waals surface area contributed by atoms with Crippen molar-refractivity contribution in [2.75, 3.05) is 6.54 Å². The van der Waals surface area contributed by atoms with Gasteiger partial charge in [0, 0.05) is 13.0 Å². The third-order valence-corrected chi connectivity index (χ3v) is 3.64. The summed E-state index contributed by atoms with van der Waals surface area (Å²) in [4.78, 5) is 0.0656. The van der Waals surface area contributed by atoms with E-state index >= 15 is 0 Å². The molecule has 0 aliphatic rings. The van der Waals surface area contributed by atoms with Gasteiger partial charge in [0.1, 0.15) is 5.82 Å². The van der Waals surface area contributed by atoms with E-state index in [0.29, 0.717) is 19.4 Å². The van der Waals surface area contributed by atoms with E-state index in [4.69, 9.17) is 6.42 Å². The van der Waals surface area contributed by atoms with Gasteiger partial charge in [0.05, 0.1) is 4.90 Å². The van der Waals surface area contributed by atoms with Crippen LogP contribution in [0.1, 0.15) is 19.3 Å². The zero-order valence-corrected chi connectivity index (χ0v) is 10.1. The first-order valence-corrected chi connectivity index (χ1v) is 6.73. The first-order chi connectivity index (χ1) is 8.06. The van der Waals surface area contributed by atoms with Crippen molar-refractivity contribution >= 4 is 10.0 Å². The van der Waals surface area contributed by atoms with Gasteiger partial charge in [0.2, 0.25) is 10.0 Å². The van der Waals surface area contributed by atoms with Crippen LogP contribution < -0.4 is 4.72 Å². The minimum absolute atomic E-state index is 0.0656. The first-order valence-electron chi connectivity index (χ1n) is 5.25. The van der Waals surface area contributed by atoms with Gasteiger partial charge in [-0.15, -0.1) is 12.3 Å². The van der Waals surface area contributed by atoms with E-state index in [1.54, 1.807) is 0 Å². The van der Waals surface area contributed by atoms with Gasteiger partial charge in [0.25, 0.3) is 0 Å². The molecular weight excluding hydrogens is 241 g/mol. The maximum atomic E-state index is 12.6. The van der Waals surface area contributed by atoms with E-state index in [0.717, 1.165) is 18.6 Å². The fourth-order valence-corrected chi connectivity index (χ4v) is 2.33. The van der Waals surface area contributed by atoms with Crippen LogP contribution in [0.25, 0.3) is 0 Å². The van der Waals surface area contributed by atoms with Crippen molar-refractivity contribution in [3.63, 3.8) is 0 Å². The number of halogens is 1. The summed E-state index contributed by atoms with van der Waals surface area (Å²) in [7, 11) is -3.53. The molecule has 92 valence electrons. The Bertz CT molecular complexity index is 488. The molecule has 0 unspecified atom stereocenters. The molecule has 0 aliphatic carbocycles. The molecule has 0 fully saturated rings. The highest BCUT2D eigenvalue weighted by molar-refractivity contribution is 7.89. The fraction of sp³-hybridized carbons (Fsp3) is 0.333. The molecule has 0 spiro atoms. The van der Waals surface area contributed by atoms with E-state index in [2.05, 4.69) is 10.6 Å². The van der Waals surface area contributed by atoms with Crippen LogP contribution in [0.4, 0.5) is 4.39 Å². The Morgan fingerprint density at radius 3 is 2.47 bits per heavy atom. The van der Waals surface area contributed by atoms with E-state index in [1.165, 1.54) is 12.1 Å². The Kier molecular flexibility index (Phi) is 5.13. The third kappa shape index (κ3) is 4.55. The lowest BCUT2D eigenvalue weighted by atomic mass is 10.2. The molecule has 0 saturated heterocycles. The van der Waals surface area contributed by atoms with Crippen LogP contribution >= 0.6 is 0 Å². The number of unbranched alkanes of at least 4 members (excludes halogenated alkanes) is 2. The number of benzene rings is 1. The van der Waals surface area contributed by atoms with Crippen molar-refractivity contribution in [3.8, 4) is 12.3 Å². The second-order valence-electron chi connectivity index (χ2n) is 3.51. The van der Waals surface area contributed by atoms with Crippen molar-refractivity contribution < 1.29 is 12.8 Å². The Morgan fingerprint density at radius 1 is 1.24 bits per heavy atom. The summed E-state index contributed by atoms with van der Waals surface area (Å²) in [6.45, 7) is 0.335. The summed E-state index contributed by atoms with van der Waals surface area (Å²) in [6.07, 6.45) is 7.18. The van der Waals surface area contributed by atoms with Crippen molar-refractivity contribution in [2.45, 2.75) is 24.2 Å². The number of nitrogens with one attached hydrogen (secondary N) is 1. The van der Waals surface area contributed by atoms with Crippen LogP contribution in [-0.4, -0.2) is 15.0 Å². The topological polar surface area (TPSA) is 46.2 Å². The standard InChI is InChI=1S/C12H14FNO2S/c1-2-3-4-5-10-14-17(15,16)12-8-6-11(13)7-9-12/h1,6-9,14H,3-5,10H2. The Balaban J connectivity index is 2.52. The first kappa shape index (κ1) is 13.7. The lowest BCUT2D eigenvalue weighted by Gasteiger charge is -2.05. The van der Waals surface area contributed by atoms with Crippen LogP contribution in [0, 0.1) is 18.2 Å². The van der Waals surface area contributed by atoms with Gasteiger partial charge >= 0.3 is 0 Å². The van der Waals surface area contributed by atoms with E-state index < -0.39 is 15.8 Å². The van der Waals surface area contributed by atoms with Crippen molar-refractivity contribution in [3.05, 3.63) is 30.1 Å². The van der Waals surface area contributed by atoms with Gasteiger partial charge in [-0.05, 0) is 37.1 Å². The zero-order chi connectivity index (χ0) is 12.7. The molecule has 0 saturated carbocycles. The minimum Gasteiger partial charge on any atom is -0.211 e. The molecule has 0 aliphatic heterocycles. The SMILES string of the molecule is C#CCCCCNS(=O)(=O)c1ccc(F)cc1. The molecular formula is C12H14FNO2S. The second kappa shape index (κ2) is 6.38. The number of hydrogen-bond donors (Lipinski definition) is 1. The monoisotopic (exact) mass is 255 g/mol. The molecule has 1 N–H and O–H groups in total. The van der Waals surface area contributed by atoms with Crippen molar-refractivity contribution in [1.82, 2.24) is 4.72 Å². The van der Waals surface area contributed by atoms with Crippen LogP contribution in [-0.2, 0) is 10.0 Å². The van der Waals surface area contributed by atoms with Crippen molar-refractivity contribution in [1.29, 1.82) is 0 Å². The average Bonchev–Trinajstić information content (AvgIpc) is 2.29. The second-order valence-corrected chi connectivity index (χ2v) is 5.28. The van der Waals surface area contributed by atoms with E-state index in [1.807, 2.05) is 0 Å². The lowest BCUT2D eigenvalue weighted by Crippen LogP contribution is -2.24. The van der Waals surface area contributed by atoms with E-state index in [9.17, 15) is 12.8 Å². The average molecular weight is 255 g/mol. The predicted octanol–water partition coefficient (Wildman–Crippen LogP) is 1.91. The van der Waals surface area contributed by atoms with Gasteiger partial charge < -0.3 is 0 Å². The summed E-state index contributed by atoms with van der Waals surface area (Å²) in [5, 5.41) is 0. The largest absolute Gasteiger partial charge is 0.240 e. The maximum Gasteiger partial charge on any atom is 0.240 e. The fourth-order valence-electron chi connectivity index (χ4n) is 1.26. The molecule has 1 aromatic carbocycles. The normalized spacial score (nSPS) is 11.1. The summed E-state index contributed by atoms with van der Waals surface area (Å²) >= 11 is 0. The Morgan fingerprint density at radius 2 is 1.88 bits per heavy atom. The summed E-state index contributed by atoms with van der Waals surface area (Å²) < 4.78 is 38.5. The molecule has 5 heteroatoms. The molecule has 1 aromatic rings. The van der Waals surface area contributed by atoms with Crippen LogP contribution in [0.2, 0.25) is 0 Å². The highest BCUT2D eigenvalue weighted by Crippen LogP contribution is 2.09. The third-order valence-electron chi connectivity index (χ3n) is 2.16. The van der Waals surface area contributed by atoms with Gasteiger partial charge in [-0.3, -0.25) is 0 Å². The van der Waals surface area contributed by atoms with E-state index in [-0.39, 0.29) is 4.90 Å². The molecule has 0 radical (unpaired) electrons. The summed E-state index contributed by atoms with van der Waals surface area (Å²) in [6, 6.07) is 4.71. The molecule has 0 atom stereocenters. The summed E-state index contributed by atoms with van der Waals surface area (Å²) in [5.74, 6) is 2.02. The molecule has 0 aromatic heterocycles. The van der Waals surface area contributed by atoms with Crippen LogP contribution in [0.3, 0.4) is 0 Å².